The summed E-state index contributed by atoms with van der Waals surface area (Å²) >= 11 is 0. The molecule has 0 aromatic rings. The summed E-state index contributed by atoms with van der Waals surface area (Å²) in [5.41, 5.74) is 0. The van der Waals surface area contributed by atoms with Crippen LogP contribution in [0.1, 0.15) is 90.9 Å². The molecule has 0 saturated heterocycles. The minimum atomic E-state index is 0.745. The second kappa shape index (κ2) is 18.9. The lowest BCUT2D eigenvalue weighted by atomic mass is 10.1. The van der Waals surface area contributed by atoms with Gasteiger partial charge in [0.05, 0.1) is 13.2 Å². The molecule has 0 atom stereocenters. The van der Waals surface area contributed by atoms with Crippen molar-refractivity contribution in [2.75, 3.05) is 26.4 Å². The third kappa shape index (κ3) is 17.9. The van der Waals surface area contributed by atoms with Crippen LogP contribution < -0.4 is 0 Å². The molecule has 0 unspecified atom stereocenters. The van der Waals surface area contributed by atoms with Gasteiger partial charge >= 0.3 is 0 Å². The van der Waals surface area contributed by atoms with Crippen LogP contribution in [0.5, 0.6) is 0 Å². The van der Waals surface area contributed by atoms with Gasteiger partial charge in [0.1, 0.15) is 0 Å². The molecule has 122 valence electrons. The summed E-state index contributed by atoms with van der Waals surface area (Å²) in [6.07, 6.45) is 16.8. The Balaban J connectivity index is 2.89. The normalized spacial score (nSPS) is 11.1. The zero-order chi connectivity index (χ0) is 14.7. The van der Waals surface area contributed by atoms with E-state index in [1.165, 1.54) is 77.0 Å². The summed E-state index contributed by atoms with van der Waals surface area (Å²) in [5.74, 6) is 0. The molecule has 0 amide bonds. The monoisotopic (exact) mass is 286 g/mol. The van der Waals surface area contributed by atoms with Gasteiger partial charge in [-0.1, -0.05) is 77.6 Å². The average Bonchev–Trinajstić information content (AvgIpc) is 2.47. The molecular formula is C18H38O2. The molecule has 2 nitrogen and oxygen atoms in total. The third-order valence-corrected chi connectivity index (χ3v) is 3.72. The third-order valence-electron chi connectivity index (χ3n) is 3.72. The molecule has 0 radical (unpaired) electrons. The number of rotatable bonds is 17. The summed E-state index contributed by atoms with van der Waals surface area (Å²) in [6, 6.07) is 0. The van der Waals surface area contributed by atoms with Crippen molar-refractivity contribution in [3.05, 3.63) is 0 Å². The Kier molecular flexibility index (Phi) is 18.8. The van der Waals surface area contributed by atoms with E-state index in [9.17, 15) is 0 Å². The number of hydrogen-bond acceptors (Lipinski definition) is 2. The summed E-state index contributed by atoms with van der Waals surface area (Å²) < 4.78 is 10.7. The summed E-state index contributed by atoms with van der Waals surface area (Å²) in [7, 11) is 0. The molecule has 0 N–H and O–H groups in total. The van der Waals surface area contributed by atoms with Crippen LogP contribution in [0.3, 0.4) is 0 Å². The van der Waals surface area contributed by atoms with Gasteiger partial charge in [0.25, 0.3) is 0 Å². The van der Waals surface area contributed by atoms with Gasteiger partial charge in [-0.15, -0.1) is 0 Å². The second-order valence-electron chi connectivity index (χ2n) is 5.70. The molecule has 0 spiro atoms. The lowest BCUT2D eigenvalue weighted by Gasteiger charge is -2.05. The Morgan fingerprint density at radius 1 is 0.450 bits per heavy atom. The number of unbranched alkanes of at least 4 members (excludes halogenated alkanes) is 11. The number of ether oxygens (including phenoxy) is 2. The van der Waals surface area contributed by atoms with E-state index in [0.717, 1.165) is 26.4 Å². The Bertz CT molecular complexity index is 141. The van der Waals surface area contributed by atoms with Gasteiger partial charge in [-0.3, -0.25) is 0 Å². The first-order chi connectivity index (χ1) is 9.91. The van der Waals surface area contributed by atoms with E-state index in [1.807, 2.05) is 6.92 Å². The van der Waals surface area contributed by atoms with Gasteiger partial charge in [-0.25, -0.2) is 0 Å². The highest BCUT2D eigenvalue weighted by molar-refractivity contribution is 4.48. The standard InChI is InChI=1S/C18H38O2/c1-3-5-6-7-8-9-10-11-12-13-14-15-16-20-18-17-19-4-2/h3-18H2,1-2H3. The Morgan fingerprint density at radius 2 is 0.900 bits per heavy atom. The fourth-order valence-electron chi connectivity index (χ4n) is 2.41. The molecule has 0 fully saturated rings. The van der Waals surface area contributed by atoms with Crippen LogP contribution in [0, 0.1) is 0 Å². The van der Waals surface area contributed by atoms with Crippen molar-refractivity contribution in [2.45, 2.75) is 90.9 Å². The van der Waals surface area contributed by atoms with E-state index in [4.69, 9.17) is 9.47 Å². The molecule has 0 rings (SSSR count). The van der Waals surface area contributed by atoms with E-state index in [0.29, 0.717) is 0 Å². The fourth-order valence-corrected chi connectivity index (χ4v) is 2.41. The van der Waals surface area contributed by atoms with Crippen molar-refractivity contribution >= 4 is 0 Å². The van der Waals surface area contributed by atoms with Crippen LogP contribution in [0.4, 0.5) is 0 Å². The van der Waals surface area contributed by atoms with Crippen molar-refractivity contribution < 1.29 is 9.47 Å². The molecule has 0 saturated carbocycles. The van der Waals surface area contributed by atoms with Crippen molar-refractivity contribution in [1.29, 1.82) is 0 Å². The van der Waals surface area contributed by atoms with Crippen molar-refractivity contribution in [2.24, 2.45) is 0 Å². The molecule has 0 aliphatic carbocycles. The maximum atomic E-state index is 5.50. The molecule has 20 heavy (non-hydrogen) atoms. The lowest BCUT2D eigenvalue weighted by Crippen LogP contribution is -2.04. The topological polar surface area (TPSA) is 18.5 Å². The van der Waals surface area contributed by atoms with Gasteiger partial charge < -0.3 is 9.47 Å². The van der Waals surface area contributed by atoms with Crippen molar-refractivity contribution in [3.8, 4) is 0 Å². The maximum absolute atomic E-state index is 5.50. The second-order valence-corrected chi connectivity index (χ2v) is 5.70. The Morgan fingerprint density at radius 3 is 1.40 bits per heavy atom. The van der Waals surface area contributed by atoms with Crippen molar-refractivity contribution in [1.82, 2.24) is 0 Å². The maximum Gasteiger partial charge on any atom is 0.0700 e. The zero-order valence-electron chi connectivity index (χ0n) is 14.1. The van der Waals surface area contributed by atoms with Crippen LogP contribution in [-0.4, -0.2) is 26.4 Å². The van der Waals surface area contributed by atoms with E-state index >= 15 is 0 Å². The van der Waals surface area contributed by atoms with Gasteiger partial charge in [0.2, 0.25) is 0 Å². The average molecular weight is 286 g/mol. The predicted octanol–water partition coefficient (Wildman–Crippen LogP) is 5.74. The lowest BCUT2D eigenvalue weighted by molar-refractivity contribution is 0.0512. The summed E-state index contributed by atoms with van der Waals surface area (Å²) in [6.45, 7) is 7.50. The minimum absolute atomic E-state index is 0.745. The van der Waals surface area contributed by atoms with E-state index in [2.05, 4.69) is 6.92 Å². The first kappa shape index (κ1) is 19.9. The first-order valence-corrected chi connectivity index (χ1v) is 9.07. The fraction of sp³-hybridized carbons (Fsp3) is 1.00. The molecule has 0 aromatic heterocycles. The molecule has 0 heterocycles. The SMILES string of the molecule is CCCCCCCCCCCCCCOCCOCC. The predicted molar refractivity (Wildman–Crippen MR) is 88.4 cm³/mol. The molecule has 0 aromatic carbocycles. The Labute approximate surface area is 127 Å². The van der Waals surface area contributed by atoms with E-state index in [1.54, 1.807) is 0 Å². The van der Waals surface area contributed by atoms with Gasteiger partial charge in [-0.2, -0.15) is 0 Å². The molecule has 0 aliphatic heterocycles. The van der Waals surface area contributed by atoms with Crippen LogP contribution in [-0.2, 0) is 9.47 Å². The highest BCUT2D eigenvalue weighted by Gasteiger charge is 1.94. The van der Waals surface area contributed by atoms with Crippen molar-refractivity contribution in [3.63, 3.8) is 0 Å². The molecule has 0 bridgehead atoms. The van der Waals surface area contributed by atoms with Crippen LogP contribution >= 0.6 is 0 Å². The van der Waals surface area contributed by atoms with E-state index < -0.39 is 0 Å². The molecule has 0 aliphatic rings. The van der Waals surface area contributed by atoms with E-state index in [-0.39, 0.29) is 0 Å². The highest BCUT2D eigenvalue weighted by Crippen LogP contribution is 2.11. The zero-order valence-corrected chi connectivity index (χ0v) is 14.1. The summed E-state index contributed by atoms with van der Waals surface area (Å²) in [4.78, 5) is 0. The number of hydrogen-bond donors (Lipinski definition) is 0. The van der Waals surface area contributed by atoms with Crippen LogP contribution in [0.15, 0.2) is 0 Å². The minimum Gasteiger partial charge on any atom is -0.379 e. The summed E-state index contributed by atoms with van der Waals surface area (Å²) in [5, 5.41) is 0. The smallest absolute Gasteiger partial charge is 0.0700 e. The van der Waals surface area contributed by atoms with Gasteiger partial charge in [0, 0.05) is 13.2 Å². The van der Waals surface area contributed by atoms with Gasteiger partial charge in [-0.05, 0) is 13.3 Å². The Hall–Kier alpha value is -0.0800. The highest BCUT2D eigenvalue weighted by atomic mass is 16.5. The molecular weight excluding hydrogens is 248 g/mol. The first-order valence-electron chi connectivity index (χ1n) is 9.07. The van der Waals surface area contributed by atoms with Gasteiger partial charge in [0.15, 0.2) is 0 Å². The van der Waals surface area contributed by atoms with Crippen LogP contribution in [0.2, 0.25) is 0 Å². The van der Waals surface area contributed by atoms with Crippen LogP contribution in [0.25, 0.3) is 0 Å². The largest absolute Gasteiger partial charge is 0.379 e. The molecule has 2 heteroatoms. The quantitative estimate of drug-likeness (QED) is 0.317.